The van der Waals surface area contributed by atoms with Gasteiger partial charge in [-0.15, -0.1) is 0 Å². The minimum absolute atomic E-state index is 0.0612. The van der Waals surface area contributed by atoms with Gasteiger partial charge < -0.3 is 25.6 Å². The Morgan fingerprint density at radius 1 is 1.08 bits per heavy atom. The predicted molar refractivity (Wildman–Crippen MR) is 150 cm³/mol. The molecule has 39 heavy (non-hydrogen) atoms. The molecule has 0 aliphatic carbocycles. The van der Waals surface area contributed by atoms with Crippen LogP contribution in [0.3, 0.4) is 0 Å². The highest BCUT2D eigenvalue weighted by atomic mass is 127. The van der Waals surface area contributed by atoms with Crippen LogP contribution >= 0.6 is 22.6 Å². The number of nitrogens with one attached hydrogen (secondary N) is 2. The number of hydrogen-bond donors (Lipinski definition) is 4. The van der Waals surface area contributed by atoms with E-state index in [9.17, 15) is 29.0 Å². The molecule has 204 valence electrons. The molecule has 1 aliphatic heterocycles. The summed E-state index contributed by atoms with van der Waals surface area (Å²) in [4.78, 5) is 41.2. The lowest BCUT2D eigenvalue weighted by atomic mass is 9.91. The molecular weight excluding hydrogens is 620 g/mol. The Balaban J connectivity index is 1.62. The van der Waals surface area contributed by atoms with E-state index in [2.05, 4.69) is 10.6 Å². The highest BCUT2D eigenvalue weighted by Gasteiger charge is 2.47. The minimum atomic E-state index is -1.28. The third kappa shape index (κ3) is 6.37. The molecule has 3 aromatic rings. The van der Waals surface area contributed by atoms with Crippen molar-refractivity contribution in [2.75, 3.05) is 18.5 Å². The third-order valence-electron chi connectivity index (χ3n) is 6.43. The lowest BCUT2D eigenvalue weighted by molar-refractivity contribution is -0.134. The normalized spacial score (nSPS) is 16.7. The molecular formula is C28H27FIN3O6. The number of halogens is 2. The van der Waals surface area contributed by atoms with Gasteiger partial charge in [0.15, 0.2) is 0 Å². The van der Waals surface area contributed by atoms with Gasteiger partial charge in [-0.05, 0) is 64.0 Å². The number of aliphatic hydroxyl groups excluding tert-OH is 2. The number of hydrogen-bond acceptors (Lipinski definition) is 6. The van der Waals surface area contributed by atoms with Crippen molar-refractivity contribution in [1.29, 1.82) is 0 Å². The van der Waals surface area contributed by atoms with Crippen LogP contribution in [0, 0.1) is 9.39 Å². The van der Waals surface area contributed by atoms with Crippen molar-refractivity contribution < 1.29 is 33.7 Å². The fourth-order valence-electron chi connectivity index (χ4n) is 4.35. The van der Waals surface area contributed by atoms with Crippen LogP contribution in [0.2, 0.25) is 0 Å². The second-order valence-electron chi connectivity index (χ2n) is 9.02. The van der Waals surface area contributed by atoms with Crippen molar-refractivity contribution in [3.8, 4) is 5.75 Å². The Hall–Kier alpha value is -3.55. The first-order valence-corrected chi connectivity index (χ1v) is 13.2. The Labute approximate surface area is 238 Å². The second kappa shape index (κ2) is 12.5. The van der Waals surface area contributed by atoms with Crippen molar-refractivity contribution in [2.45, 2.75) is 31.0 Å². The van der Waals surface area contributed by atoms with Gasteiger partial charge in [-0.2, -0.15) is 0 Å². The van der Waals surface area contributed by atoms with Crippen LogP contribution in [0.1, 0.15) is 30.0 Å². The summed E-state index contributed by atoms with van der Waals surface area (Å²) in [7, 11) is 0. The first-order chi connectivity index (χ1) is 18.7. The van der Waals surface area contributed by atoms with Gasteiger partial charge in [0.1, 0.15) is 29.8 Å². The summed E-state index contributed by atoms with van der Waals surface area (Å²) in [5, 5.41) is 23.6. The smallest absolute Gasteiger partial charge is 0.325 e. The number of amides is 4. The SMILES string of the molecule is CC(c1ccccc1)C(C(=O)Nc1ccc(I)cc1F)N1C(=O)N[C@H](c2ccc(OC(CO)CO)cc2)C1=O. The number of ether oxygens (including phenoxy) is 1. The fourth-order valence-corrected chi connectivity index (χ4v) is 4.80. The van der Waals surface area contributed by atoms with E-state index >= 15 is 0 Å². The number of anilines is 1. The maximum atomic E-state index is 14.6. The van der Waals surface area contributed by atoms with Crippen LogP contribution in [0.5, 0.6) is 5.75 Å². The van der Waals surface area contributed by atoms with Gasteiger partial charge in [0.25, 0.3) is 5.91 Å². The van der Waals surface area contributed by atoms with E-state index in [-0.39, 0.29) is 18.9 Å². The molecule has 4 rings (SSSR count). The van der Waals surface area contributed by atoms with E-state index in [4.69, 9.17) is 4.74 Å². The molecule has 1 fully saturated rings. The number of aliphatic hydroxyl groups is 2. The maximum absolute atomic E-state index is 14.6. The Morgan fingerprint density at radius 3 is 2.36 bits per heavy atom. The van der Waals surface area contributed by atoms with Crippen LogP contribution in [-0.4, -0.2) is 58.3 Å². The zero-order valence-electron chi connectivity index (χ0n) is 20.9. The van der Waals surface area contributed by atoms with Crippen molar-refractivity contribution >= 4 is 46.1 Å². The van der Waals surface area contributed by atoms with Crippen LogP contribution in [-0.2, 0) is 9.59 Å². The highest BCUT2D eigenvalue weighted by Crippen LogP contribution is 2.32. The van der Waals surface area contributed by atoms with E-state index < -0.39 is 47.8 Å². The zero-order chi connectivity index (χ0) is 28.1. The number of urea groups is 1. The summed E-state index contributed by atoms with van der Waals surface area (Å²) in [6.07, 6.45) is -0.796. The number of carbonyl (C=O) groups excluding carboxylic acids is 3. The van der Waals surface area contributed by atoms with Gasteiger partial charge in [-0.25, -0.2) is 14.1 Å². The number of carbonyl (C=O) groups is 3. The molecule has 9 nitrogen and oxygen atoms in total. The van der Waals surface area contributed by atoms with Crippen LogP contribution in [0.25, 0.3) is 0 Å². The quantitative estimate of drug-likeness (QED) is 0.197. The van der Waals surface area contributed by atoms with Crippen molar-refractivity contribution in [2.24, 2.45) is 0 Å². The number of nitrogens with zero attached hydrogens (tertiary/aromatic N) is 1. The summed E-state index contributed by atoms with van der Waals surface area (Å²) in [5.41, 5.74) is 1.10. The molecule has 1 saturated heterocycles. The molecule has 0 spiro atoms. The summed E-state index contributed by atoms with van der Waals surface area (Å²) in [5.74, 6) is -2.24. The van der Waals surface area contributed by atoms with E-state index in [1.165, 1.54) is 12.1 Å². The summed E-state index contributed by atoms with van der Waals surface area (Å²) in [6, 6.07) is 16.4. The van der Waals surface area contributed by atoms with E-state index in [1.54, 1.807) is 61.5 Å². The topological polar surface area (TPSA) is 128 Å². The maximum Gasteiger partial charge on any atom is 0.325 e. The average molecular weight is 647 g/mol. The third-order valence-corrected chi connectivity index (χ3v) is 7.10. The standard InChI is InChI=1S/C28H27FIN3O6/c1-16(17-5-3-2-4-6-17)25(26(36)31-23-12-9-19(30)13-22(23)29)33-27(37)24(32-28(33)38)18-7-10-20(11-8-18)39-21(14-34)15-35/h2-13,16,21,24-25,34-35H,14-15H2,1H3,(H,31,36)(H,32,38)/t16?,24-,25?/m1/s1. The predicted octanol–water partition coefficient (Wildman–Crippen LogP) is 3.57. The molecule has 0 bridgehead atoms. The van der Waals surface area contributed by atoms with E-state index in [1.807, 2.05) is 28.7 Å². The molecule has 4 N–H and O–H groups in total. The van der Waals surface area contributed by atoms with Gasteiger partial charge in [-0.1, -0.05) is 49.4 Å². The van der Waals surface area contributed by atoms with Gasteiger partial charge in [-0.3, -0.25) is 9.59 Å². The number of rotatable bonds is 10. The molecule has 11 heteroatoms. The lowest BCUT2D eigenvalue weighted by Crippen LogP contribution is -2.50. The largest absolute Gasteiger partial charge is 0.486 e. The molecule has 0 radical (unpaired) electrons. The van der Waals surface area contributed by atoms with Gasteiger partial charge >= 0.3 is 6.03 Å². The number of benzene rings is 3. The molecule has 0 saturated carbocycles. The molecule has 1 heterocycles. The minimum Gasteiger partial charge on any atom is -0.486 e. The first kappa shape index (κ1) is 28.5. The van der Waals surface area contributed by atoms with Crippen molar-refractivity contribution in [3.63, 3.8) is 0 Å². The van der Waals surface area contributed by atoms with E-state index in [0.717, 1.165) is 4.90 Å². The van der Waals surface area contributed by atoms with Crippen LogP contribution in [0.15, 0.2) is 72.8 Å². The van der Waals surface area contributed by atoms with Crippen LogP contribution < -0.4 is 15.4 Å². The monoisotopic (exact) mass is 647 g/mol. The molecule has 4 amide bonds. The molecule has 3 aromatic carbocycles. The molecule has 1 aliphatic rings. The summed E-state index contributed by atoms with van der Waals surface area (Å²) in [6.45, 7) is 0.974. The molecule has 0 aromatic heterocycles. The van der Waals surface area contributed by atoms with Gasteiger partial charge in [0.05, 0.1) is 18.9 Å². The zero-order valence-corrected chi connectivity index (χ0v) is 23.0. The van der Waals surface area contributed by atoms with E-state index in [0.29, 0.717) is 20.4 Å². The highest BCUT2D eigenvalue weighted by molar-refractivity contribution is 14.1. The fraction of sp³-hybridized carbons (Fsp3) is 0.250. The summed E-state index contributed by atoms with van der Waals surface area (Å²) >= 11 is 1.95. The summed E-state index contributed by atoms with van der Waals surface area (Å²) < 4.78 is 20.7. The Kier molecular flexibility index (Phi) is 9.15. The van der Waals surface area contributed by atoms with Crippen molar-refractivity contribution in [3.05, 3.63) is 93.3 Å². The Bertz CT molecular complexity index is 1340. The second-order valence-corrected chi connectivity index (χ2v) is 10.3. The lowest BCUT2D eigenvalue weighted by Gasteiger charge is -2.30. The molecule has 3 atom stereocenters. The van der Waals surface area contributed by atoms with Gasteiger partial charge in [0, 0.05) is 9.49 Å². The van der Waals surface area contributed by atoms with Crippen LogP contribution in [0.4, 0.5) is 14.9 Å². The van der Waals surface area contributed by atoms with Crippen molar-refractivity contribution in [1.82, 2.24) is 10.2 Å². The molecule has 2 unspecified atom stereocenters. The number of imide groups is 1. The average Bonchev–Trinajstić information content (AvgIpc) is 3.23. The first-order valence-electron chi connectivity index (χ1n) is 12.2. The Morgan fingerprint density at radius 2 is 1.74 bits per heavy atom. The van der Waals surface area contributed by atoms with Gasteiger partial charge in [0.2, 0.25) is 5.91 Å².